The van der Waals surface area contributed by atoms with E-state index in [1.54, 1.807) is 14.0 Å². The number of carboxylic acid groups (broad SMARTS) is 1. The van der Waals surface area contributed by atoms with Gasteiger partial charge in [-0.1, -0.05) is 74.0 Å². The summed E-state index contributed by atoms with van der Waals surface area (Å²) in [5.41, 5.74) is 6.73. The van der Waals surface area contributed by atoms with Crippen molar-refractivity contribution in [3.63, 3.8) is 0 Å². The number of carboxylic acids is 1. The molecule has 0 heterocycles. The van der Waals surface area contributed by atoms with E-state index in [9.17, 15) is 9.90 Å². The zero-order chi connectivity index (χ0) is 23.3. The van der Waals surface area contributed by atoms with Crippen LogP contribution < -0.4 is 11.1 Å². The van der Waals surface area contributed by atoms with Gasteiger partial charge in [0.25, 0.3) is 0 Å². The van der Waals surface area contributed by atoms with Crippen molar-refractivity contribution in [3.8, 4) is 0 Å². The first-order valence-electron chi connectivity index (χ1n) is 10.4. The van der Waals surface area contributed by atoms with Gasteiger partial charge in [0.05, 0.1) is 19.1 Å². The molecule has 2 rings (SSSR count). The van der Waals surface area contributed by atoms with Crippen LogP contribution in [0.2, 0.25) is 0 Å². The van der Waals surface area contributed by atoms with E-state index in [-0.39, 0.29) is 5.92 Å². The van der Waals surface area contributed by atoms with E-state index in [2.05, 4.69) is 11.1 Å². The summed E-state index contributed by atoms with van der Waals surface area (Å²) in [5, 5.41) is 21.2. The minimum absolute atomic E-state index is 0.311. The summed E-state index contributed by atoms with van der Waals surface area (Å²) in [7, 11) is 3.20. The smallest absolute Gasteiger partial charge is 0.306 e. The molecule has 0 amide bonds. The molecule has 0 radical (unpaired) electrons. The Hall–Kier alpha value is -2.29. The zero-order valence-electron chi connectivity index (χ0n) is 18.9. The molecule has 0 fully saturated rings. The molecule has 2 atom stereocenters. The number of ether oxygens (including phenoxy) is 2. The van der Waals surface area contributed by atoms with Crippen molar-refractivity contribution in [2.45, 2.75) is 45.8 Å². The molecule has 0 spiro atoms. The maximum absolute atomic E-state index is 10.6. The van der Waals surface area contributed by atoms with Gasteiger partial charge in [-0.05, 0) is 37.6 Å². The second kappa shape index (κ2) is 19.7. The van der Waals surface area contributed by atoms with E-state index in [1.165, 1.54) is 12.6 Å². The third kappa shape index (κ3) is 16.1. The Morgan fingerprint density at radius 3 is 1.97 bits per heavy atom. The topological polar surface area (TPSA) is 114 Å². The van der Waals surface area contributed by atoms with Crippen LogP contribution in [-0.4, -0.2) is 43.3 Å². The number of rotatable bonds is 12. The Morgan fingerprint density at radius 2 is 1.48 bits per heavy atom. The van der Waals surface area contributed by atoms with Crippen molar-refractivity contribution in [1.29, 1.82) is 0 Å². The summed E-state index contributed by atoms with van der Waals surface area (Å²) in [4.78, 5) is 10.6. The van der Waals surface area contributed by atoms with Gasteiger partial charge in [0.1, 0.15) is 0 Å². The molecule has 174 valence electrons. The van der Waals surface area contributed by atoms with Crippen molar-refractivity contribution < 1.29 is 24.5 Å². The molecular formula is C24H38N2O5. The summed E-state index contributed by atoms with van der Waals surface area (Å²) in [6.45, 7) is 3.36. The Kier molecular flexibility index (Phi) is 18.2. The van der Waals surface area contributed by atoms with Gasteiger partial charge in [0, 0.05) is 7.11 Å². The maximum Gasteiger partial charge on any atom is 0.306 e. The van der Waals surface area contributed by atoms with Crippen LogP contribution in [-0.2, 0) is 27.5 Å². The lowest BCUT2D eigenvalue weighted by Gasteiger charge is -2.14. The number of aliphatic hydroxyl groups is 1. The van der Waals surface area contributed by atoms with Gasteiger partial charge in [-0.25, -0.2) is 0 Å². The number of carbonyl (C=O) groups is 1. The van der Waals surface area contributed by atoms with Crippen LogP contribution >= 0.6 is 0 Å². The largest absolute Gasteiger partial charge is 0.481 e. The number of hydrogen-bond acceptors (Lipinski definition) is 6. The van der Waals surface area contributed by atoms with E-state index in [4.69, 9.17) is 14.6 Å². The van der Waals surface area contributed by atoms with E-state index in [0.717, 1.165) is 18.4 Å². The van der Waals surface area contributed by atoms with Gasteiger partial charge in [-0.15, -0.1) is 0 Å². The van der Waals surface area contributed by atoms with E-state index >= 15 is 0 Å². The highest BCUT2D eigenvalue weighted by atomic mass is 16.6. The average Bonchev–Trinajstić information content (AvgIpc) is 2.80. The number of hydrogen-bond donors (Lipinski definition) is 4. The predicted octanol–water partition coefficient (Wildman–Crippen LogP) is 3.37. The van der Waals surface area contributed by atoms with E-state index < -0.39 is 12.4 Å². The van der Waals surface area contributed by atoms with Crippen LogP contribution in [0.5, 0.6) is 0 Å². The highest BCUT2D eigenvalue weighted by Gasteiger charge is 2.10. The number of benzene rings is 2. The number of unbranched alkanes of at least 4 members (excludes halogenated alkanes) is 1. The van der Waals surface area contributed by atoms with Crippen molar-refractivity contribution >= 4 is 5.97 Å². The van der Waals surface area contributed by atoms with Gasteiger partial charge >= 0.3 is 5.97 Å². The summed E-state index contributed by atoms with van der Waals surface area (Å²) in [6, 6.07) is 19.7. The molecule has 0 aromatic heterocycles. The van der Waals surface area contributed by atoms with Gasteiger partial charge in [0.2, 0.25) is 6.41 Å². The van der Waals surface area contributed by atoms with Crippen LogP contribution in [0, 0.1) is 5.92 Å². The van der Waals surface area contributed by atoms with Gasteiger partial charge in [-0.3, -0.25) is 10.1 Å². The monoisotopic (exact) mass is 434 g/mol. The molecule has 0 saturated heterocycles. The van der Waals surface area contributed by atoms with Crippen molar-refractivity contribution in [2.24, 2.45) is 11.7 Å². The summed E-state index contributed by atoms with van der Waals surface area (Å²) in [6.07, 6.45) is 1.28. The Morgan fingerprint density at radius 1 is 0.968 bits per heavy atom. The predicted molar refractivity (Wildman–Crippen MR) is 123 cm³/mol. The third-order valence-electron chi connectivity index (χ3n) is 4.21. The number of nitrogens with one attached hydrogen (secondary N) is 1. The van der Waals surface area contributed by atoms with Crippen LogP contribution in [0.4, 0.5) is 0 Å². The number of aliphatic hydroxyl groups excluding tert-OH is 1. The molecule has 2 aromatic carbocycles. The molecule has 2 unspecified atom stereocenters. The molecule has 5 N–H and O–H groups in total. The molecule has 31 heavy (non-hydrogen) atoms. The number of methoxy groups -OCH3 is 1. The van der Waals surface area contributed by atoms with E-state index in [0.29, 0.717) is 26.2 Å². The van der Waals surface area contributed by atoms with Crippen molar-refractivity contribution in [1.82, 2.24) is 5.32 Å². The first kappa shape index (κ1) is 28.7. The Balaban J connectivity index is 0.000000679. The first-order valence-corrected chi connectivity index (χ1v) is 10.4. The fraction of sp³-hybridized carbons (Fsp3) is 0.458. The third-order valence-corrected chi connectivity index (χ3v) is 4.21. The lowest BCUT2D eigenvalue weighted by Crippen LogP contribution is -2.32. The highest BCUT2D eigenvalue weighted by Crippen LogP contribution is 2.07. The standard InChI is InChI=1S/C15H23NO4.C8H10O.CH5N/c1-12(14(17)18)7-5-6-10-16-15(19)20-11-13-8-3-2-4-9-13;1-9-7-8-5-3-2-4-6-8;1-2/h2-4,8-9,12,15-16,19H,5-7,10-11H2,1H3,(H,17,18);2-6H,7H2,1H3;2H2,1H3. The summed E-state index contributed by atoms with van der Waals surface area (Å²) in [5.74, 6) is -1.07. The minimum atomic E-state index is -0.993. The molecule has 0 saturated carbocycles. The lowest BCUT2D eigenvalue weighted by molar-refractivity contribution is -0.141. The van der Waals surface area contributed by atoms with Crippen LogP contribution in [0.3, 0.4) is 0 Å². The fourth-order valence-electron chi connectivity index (χ4n) is 2.47. The molecule has 2 aromatic rings. The molecule has 0 aliphatic carbocycles. The molecule has 7 nitrogen and oxygen atoms in total. The SMILES string of the molecule is CC(CCCCNC(O)OCc1ccccc1)C(=O)O.CN.COCc1ccccc1. The first-order chi connectivity index (χ1) is 15.0. The molecule has 0 aliphatic rings. The normalized spacial score (nSPS) is 11.9. The maximum atomic E-state index is 10.6. The summed E-state index contributed by atoms with van der Waals surface area (Å²) < 4.78 is 10.2. The Bertz CT molecular complexity index is 656. The van der Waals surface area contributed by atoms with Gasteiger partial charge in [0.15, 0.2) is 0 Å². The number of nitrogens with two attached hydrogens (primary N) is 1. The second-order valence-corrected chi connectivity index (χ2v) is 6.76. The lowest BCUT2D eigenvalue weighted by atomic mass is 10.0. The van der Waals surface area contributed by atoms with Crippen molar-refractivity contribution in [2.75, 3.05) is 20.7 Å². The van der Waals surface area contributed by atoms with E-state index in [1.807, 2.05) is 60.7 Å². The quantitative estimate of drug-likeness (QED) is 0.299. The zero-order valence-corrected chi connectivity index (χ0v) is 18.9. The average molecular weight is 435 g/mol. The highest BCUT2D eigenvalue weighted by molar-refractivity contribution is 5.69. The molecular weight excluding hydrogens is 396 g/mol. The molecule has 0 aliphatic heterocycles. The van der Waals surface area contributed by atoms with Crippen LogP contribution in [0.15, 0.2) is 60.7 Å². The van der Waals surface area contributed by atoms with Gasteiger partial charge < -0.3 is 25.4 Å². The second-order valence-electron chi connectivity index (χ2n) is 6.76. The Labute approximate surface area is 186 Å². The van der Waals surface area contributed by atoms with Crippen molar-refractivity contribution in [3.05, 3.63) is 71.8 Å². The van der Waals surface area contributed by atoms with Crippen LogP contribution in [0.1, 0.15) is 37.3 Å². The summed E-state index contributed by atoms with van der Waals surface area (Å²) >= 11 is 0. The number of aliphatic carboxylic acids is 1. The van der Waals surface area contributed by atoms with Crippen LogP contribution in [0.25, 0.3) is 0 Å². The van der Waals surface area contributed by atoms with Gasteiger partial charge in [-0.2, -0.15) is 0 Å². The molecule has 0 bridgehead atoms. The fourth-order valence-corrected chi connectivity index (χ4v) is 2.47. The minimum Gasteiger partial charge on any atom is -0.481 e. The molecule has 7 heteroatoms.